The summed E-state index contributed by atoms with van der Waals surface area (Å²) in [6, 6.07) is 9.31. The van der Waals surface area contributed by atoms with Gasteiger partial charge in [0, 0.05) is 50.7 Å². The first-order chi connectivity index (χ1) is 14.5. The fourth-order valence-corrected chi connectivity index (χ4v) is 4.95. The molecule has 1 saturated carbocycles. The fraction of sp³-hybridized carbons (Fsp3) is 0.680. The molecule has 30 heavy (non-hydrogen) atoms. The maximum Gasteiger partial charge on any atom is 0.220 e. The Labute approximate surface area is 182 Å². The standard InChI is InChI=1S/C25H38N4O/c1-20-17-21(2)19-24(18-20)29-15-13-28(14-16-29)12-10-22-6-8-23(9-7-22)27-25(30)5-3-4-11-26/h17-19,22-23H,3-10,12-16H2,1-2H3,(H,27,30). The highest BCUT2D eigenvalue weighted by molar-refractivity contribution is 5.76. The van der Waals surface area contributed by atoms with E-state index >= 15 is 0 Å². The molecule has 1 aromatic carbocycles. The number of aryl methyl sites for hydroxylation is 2. The van der Waals surface area contributed by atoms with Crippen LogP contribution in [0.2, 0.25) is 0 Å². The van der Waals surface area contributed by atoms with E-state index in [1.54, 1.807) is 0 Å². The van der Waals surface area contributed by atoms with Crippen molar-refractivity contribution in [2.24, 2.45) is 5.92 Å². The van der Waals surface area contributed by atoms with Gasteiger partial charge in [-0.3, -0.25) is 9.69 Å². The van der Waals surface area contributed by atoms with Crippen molar-refractivity contribution in [1.82, 2.24) is 10.2 Å². The molecule has 3 rings (SSSR count). The minimum absolute atomic E-state index is 0.121. The summed E-state index contributed by atoms with van der Waals surface area (Å²) in [5, 5.41) is 11.7. The number of unbranched alkanes of at least 4 members (excludes halogenated alkanes) is 1. The molecule has 1 N–H and O–H groups in total. The Morgan fingerprint density at radius 2 is 1.73 bits per heavy atom. The number of nitriles is 1. The molecule has 1 heterocycles. The summed E-state index contributed by atoms with van der Waals surface area (Å²) in [7, 11) is 0. The van der Waals surface area contributed by atoms with E-state index in [1.807, 2.05) is 0 Å². The molecule has 2 aliphatic rings. The van der Waals surface area contributed by atoms with Gasteiger partial charge in [-0.05, 0) is 88.1 Å². The highest BCUT2D eigenvalue weighted by atomic mass is 16.1. The number of rotatable bonds is 8. The predicted molar refractivity (Wildman–Crippen MR) is 123 cm³/mol. The Morgan fingerprint density at radius 1 is 1.07 bits per heavy atom. The first kappa shape index (κ1) is 22.6. The van der Waals surface area contributed by atoms with Crippen LogP contribution in [0.5, 0.6) is 0 Å². The molecule has 1 aromatic rings. The maximum atomic E-state index is 11.9. The van der Waals surface area contributed by atoms with E-state index in [1.165, 1.54) is 42.6 Å². The molecule has 2 fully saturated rings. The summed E-state index contributed by atoms with van der Waals surface area (Å²) in [5.41, 5.74) is 4.07. The number of anilines is 1. The molecule has 0 radical (unpaired) electrons. The van der Waals surface area contributed by atoms with Crippen molar-refractivity contribution in [2.75, 3.05) is 37.6 Å². The zero-order valence-corrected chi connectivity index (χ0v) is 18.8. The predicted octanol–water partition coefficient (Wildman–Crippen LogP) is 4.18. The number of carbonyl (C=O) groups is 1. The lowest BCUT2D eigenvalue weighted by atomic mass is 9.84. The average Bonchev–Trinajstić information content (AvgIpc) is 2.73. The number of nitrogens with one attached hydrogen (secondary N) is 1. The number of amides is 1. The van der Waals surface area contributed by atoms with Gasteiger partial charge in [-0.25, -0.2) is 0 Å². The normalized spacial score (nSPS) is 22.5. The van der Waals surface area contributed by atoms with Crippen molar-refractivity contribution in [3.05, 3.63) is 29.3 Å². The van der Waals surface area contributed by atoms with E-state index in [2.05, 4.69) is 53.2 Å². The van der Waals surface area contributed by atoms with Crippen LogP contribution in [0, 0.1) is 31.1 Å². The molecule has 1 amide bonds. The quantitative estimate of drug-likeness (QED) is 0.653. The second-order valence-electron chi connectivity index (χ2n) is 9.26. The molecular weight excluding hydrogens is 372 g/mol. The van der Waals surface area contributed by atoms with Crippen LogP contribution in [0.15, 0.2) is 18.2 Å². The van der Waals surface area contributed by atoms with Crippen molar-refractivity contribution >= 4 is 11.6 Å². The average molecular weight is 411 g/mol. The van der Waals surface area contributed by atoms with Crippen molar-refractivity contribution in [2.45, 2.75) is 71.3 Å². The monoisotopic (exact) mass is 410 g/mol. The van der Waals surface area contributed by atoms with Gasteiger partial charge >= 0.3 is 0 Å². The van der Waals surface area contributed by atoms with Crippen LogP contribution in [0.1, 0.15) is 62.5 Å². The van der Waals surface area contributed by atoms with Gasteiger partial charge in [0.05, 0.1) is 6.07 Å². The van der Waals surface area contributed by atoms with Gasteiger partial charge in [-0.1, -0.05) is 6.07 Å². The van der Waals surface area contributed by atoms with Crippen LogP contribution in [-0.2, 0) is 4.79 Å². The van der Waals surface area contributed by atoms with E-state index in [4.69, 9.17) is 5.26 Å². The molecule has 0 aromatic heterocycles. The number of carbonyl (C=O) groups excluding carboxylic acids is 1. The summed E-state index contributed by atoms with van der Waals surface area (Å²) in [5.74, 6) is 0.921. The van der Waals surface area contributed by atoms with E-state index in [-0.39, 0.29) is 5.91 Å². The summed E-state index contributed by atoms with van der Waals surface area (Å²) < 4.78 is 0. The van der Waals surface area contributed by atoms with Gasteiger partial charge in [-0.2, -0.15) is 5.26 Å². The Hall–Kier alpha value is -2.06. The molecule has 5 nitrogen and oxygen atoms in total. The summed E-state index contributed by atoms with van der Waals surface area (Å²) in [4.78, 5) is 17.1. The van der Waals surface area contributed by atoms with Gasteiger partial charge < -0.3 is 10.2 Å². The van der Waals surface area contributed by atoms with E-state index in [0.717, 1.165) is 44.9 Å². The fourth-order valence-electron chi connectivity index (χ4n) is 4.95. The molecule has 0 atom stereocenters. The Balaban J connectivity index is 1.31. The summed E-state index contributed by atoms with van der Waals surface area (Å²) in [6.45, 7) is 10.1. The number of hydrogen-bond donors (Lipinski definition) is 1. The van der Waals surface area contributed by atoms with Crippen LogP contribution in [0.25, 0.3) is 0 Å². The molecule has 1 aliphatic heterocycles. The molecule has 5 heteroatoms. The number of nitrogens with zero attached hydrogens (tertiary/aromatic N) is 3. The second-order valence-corrected chi connectivity index (χ2v) is 9.26. The van der Waals surface area contributed by atoms with E-state index < -0.39 is 0 Å². The third-order valence-electron chi connectivity index (χ3n) is 6.70. The molecule has 164 valence electrons. The topological polar surface area (TPSA) is 59.4 Å². The highest BCUT2D eigenvalue weighted by Crippen LogP contribution is 2.27. The van der Waals surface area contributed by atoms with E-state index in [0.29, 0.717) is 25.3 Å². The number of piperazine rings is 1. The Bertz CT molecular complexity index is 705. The number of benzene rings is 1. The molecule has 0 unspecified atom stereocenters. The lowest BCUT2D eigenvalue weighted by molar-refractivity contribution is -0.122. The van der Waals surface area contributed by atoms with Crippen LogP contribution in [0.4, 0.5) is 5.69 Å². The molecule has 1 saturated heterocycles. The number of hydrogen-bond acceptors (Lipinski definition) is 4. The van der Waals surface area contributed by atoms with Crippen LogP contribution in [-0.4, -0.2) is 49.6 Å². The third-order valence-corrected chi connectivity index (χ3v) is 6.70. The van der Waals surface area contributed by atoms with Crippen molar-refractivity contribution < 1.29 is 4.79 Å². The molecule has 0 bridgehead atoms. The Morgan fingerprint density at radius 3 is 2.37 bits per heavy atom. The van der Waals surface area contributed by atoms with Crippen LogP contribution < -0.4 is 10.2 Å². The first-order valence-corrected chi connectivity index (χ1v) is 11.8. The van der Waals surface area contributed by atoms with Gasteiger partial charge in [0.1, 0.15) is 0 Å². The SMILES string of the molecule is Cc1cc(C)cc(N2CCN(CCC3CCC(NC(=O)CCCC#N)CC3)CC2)c1. The third kappa shape index (κ3) is 7.02. The lowest BCUT2D eigenvalue weighted by Crippen LogP contribution is -2.47. The van der Waals surface area contributed by atoms with Gasteiger partial charge in [0.15, 0.2) is 0 Å². The largest absolute Gasteiger partial charge is 0.369 e. The first-order valence-electron chi connectivity index (χ1n) is 11.8. The van der Waals surface area contributed by atoms with Crippen molar-refractivity contribution in [3.8, 4) is 6.07 Å². The molecular formula is C25H38N4O. The van der Waals surface area contributed by atoms with Crippen molar-refractivity contribution in [3.63, 3.8) is 0 Å². The molecule has 0 spiro atoms. The highest BCUT2D eigenvalue weighted by Gasteiger charge is 2.24. The summed E-state index contributed by atoms with van der Waals surface area (Å²) >= 11 is 0. The summed E-state index contributed by atoms with van der Waals surface area (Å²) in [6.07, 6.45) is 7.59. The van der Waals surface area contributed by atoms with Crippen LogP contribution >= 0.6 is 0 Å². The zero-order chi connectivity index (χ0) is 21.3. The van der Waals surface area contributed by atoms with Crippen LogP contribution in [0.3, 0.4) is 0 Å². The Kier molecular flexibility index (Phi) is 8.57. The van der Waals surface area contributed by atoms with Gasteiger partial charge in [0.2, 0.25) is 5.91 Å². The lowest BCUT2D eigenvalue weighted by Gasteiger charge is -2.37. The van der Waals surface area contributed by atoms with Gasteiger partial charge in [0.25, 0.3) is 0 Å². The van der Waals surface area contributed by atoms with Crippen molar-refractivity contribution in [1.29, 1.82) is 5.26 Å². The molecule has 1 aliphatic carbocycles. The minimum atomic E-state index is 0.121. The van der Waals surface area contributed by atoms with Gasteiger partial charge in [-0.15, -0.1) is 0 Å². The smallest absolute Gasteiger partial charge is 0.220 e. The maximum absolute atomic E-state index is 11.9. The minimum Gasteiger partial charge on any atom is -0.369 e. The second kappa shape index (κ2) is 11.4. The van der Waals surface area contributed by atoms with E-state index in [9.17, 15) is 4.79 Å². The zero-order valence-electron chi connectivity index (χ0n) is 18.8.